The summed E-state index contributed by atoms with van der Waals surface area (Å²) in [6.45, 7) is 3.91. The Kier molecular flexibility index (Phi) is 5.27. The third-order valence-electron chi connectivity index (χ3n) is 5.40. The van der Waals surface area contributed by atoms with Crippen LogP contribution < -0.4 is 9.80 Å². The molecule has 2 amide bonds. The molecule has 29 heavy (non-hydrogen) atoms. The molecule has 3 aromatic rings. The Morgan fingerprint density at radius 2 is 1.45 bits per heavy atom. The fraction of sp³-hybridized carbons (Fsp3) is 0.174. The Morgan fingerprint density at radius 1 is 0.897 bits per heavy atom. The minimum Gasteiger partial charge on any atom is -0.370 e. The van der Waals surface area contributed by atoms with Gasteiger partial charge in [-0.25, -0.2) is 4.79 Å². The molecule has 1 heterocycles. The van der Waals surface area contributed by atoms with E-state index in [1.165, 1.54) is 4.90 Å². The van der Waals surface area contributed by atoms with Crippen LogP contribution in [0.5, 0.6) is 0 Å². The molecule has 0 spiro atoms. The lowest BCUT2D eigenvalue weighted by Gasteiger charge is -2.36. The van der Waals surface area contributed by atoms with Gasteiger partial charge >= 0.3 is 6.03 Å². The molecular formula is C23H20Br2N2O2. The second kappa shape index (κ2) is 7.59. The van der Waals surface area contributed by atoms with E-state index in [1.54, 1.807) is 4.90 Å². The van der Waals surface area contributed by atoms with Crippen LogP contribution in [0.4, 0.5) is 16.2 Å². The molecule has 3 aromatic carbocycles. The average molecular weight is 516 g/mol. The summed E-state index contributed by atoms with van der Waals surface area (Å²) in [4.78, 5) is 16.8. The van der Waals surface area contributed by atoms with Gasteiger partial charge in [0.05, 0.1) is 0 Å². The molecular weight excluding hydrogens is 496 g/mol. The number of carbonyl (C=O) groups excluding carboxylic acids is 1. The molecule has 6 heteroatoms. The maximum Gasteiger partial charge on any atom is 0.332 e. The number of amides is 2. The molecule has 0 radical (unpaired) electrons. The molecule has 0 aromatic heterocycles. The zero-order valence-electron chi connectivity index (χ0n) is 16.0. The number of hydrogen-bond acceptors (Lipinski definition) is 2. The van der Waals surface area contributed by atoms with Gasteiger partial charge in [0.1, 0.15) is 5.54 Å². The first-order chi connectivity index (χ1) is 13.8. The Morgan fingerprint density at radius 3 is 2.00 bits per heavy atom. The molecule has 1 N–H and O–H groups in total. The van der Waals surface area contributed by atoms with Gasteiger partial charge in [0.25, 0.3) is 0 Å². The second-order valence-electron chi connectivity index (χ2n) is 7.33. The number of rotatable bonds is 3. The van der Waals surface area contributed by atoms with Crippen molar-refractivity contribution in [2.24, 2.45) is 0 Å². The summed E-state index contributed by atoms with van der Waals surface area (Å²) in [6.07, 6.45) is -1.07. The Labute approximate surface area is 187 Å². The predicted molar refractivity (Wildman–Crippen MR) is 123 cm³/mol. The minimum absolute atomic E-state index is 0.272. The van der Waals surface area contributed by atoms with Crippen molar-refractivity contribution in [3.8, 4) is 0 Å². The minimum atomic E-state index is -1.07. The normalized spacial score (nSPS) is 21.7. The standard InChI is InChI=1S/C23H20Br2N2O2/c1-15-4-3-5-16(14-15)23(2)21(28)26(19-10-6-17(24)7-11-19)22(29)27(23)20-12-8-18(25)9-13-20/h3-14,21,28H,1-2H3. The van der Waals surface area contributed by atoms with Crippen molar-refractivity contribution in [3.63, 3.8) is 0 Å². The highest BCUT2D eigenvalue weighted by Crippen LogP contribution is 2.45. The summed E-state index contributed by atoms with van der Waals surface area (Å²) in [6, 6.07) is 22.6. The highest BCUT2D eigenvalue weighted by atomic mass is 79.9. The van der Waals surface area contributed by atoms with Crippen molar-refractivity contribution in [2.75, 3.05) is 9.80 Å². The predicted octanol–water partition coefficient (Wildman–Crippen LogP) is 6.20. The molecule has 0 bridgehead atoms. The van der Waals surface area contributed by atoms with Crippen LogP contribution in [0.25, 0.3) is 0 Å². The third kappa shape index (κ3) is 3.39. The number of benzene rings is 3. The van der Waals surface area contributed by atoms with Crippen LogP contribution in [0, 0.1) is 6.92 Å². The molecule has 148 valence electrons. The SMILES string of the molecule is Cc1cccc(C2(C)C(O)N(c3ccc(Br)cc3)C(=O)N2c2ccc(Br)cc2)c1. The number of aliphatic hydroxyl groups is 1. The highest BCUT2D eigenvalue weighted by molar-refractivity contribution is 9.10. The Balaban J connectivity index is 1.90. The summed E-state index contributed by atoms with van der Waals surface area (Å²) in [5.41, 5.74) is 2.34. The zero-order chi connectivity index (χ0) is 20.8. The van der Waals surface area contributed by atoms with Crippen LogP contribution in [-0.2, 0) is 5.54 Å². The molecule has 0 saturated carbocycles. The Bertz CT molecular complexity index is 1050. The third-order valence-corrected chi connectivity index (χ3v) is 6.46. The van der Waals surface area contributed by atoms with Crippen LogP contribution in [0.1, 0.15) is 18.1 Å². The molecule has 1 fully saturated rings. The summed E-state index contributed by atoms with van der Waals surface area (Å²) < 4.78 is 1.84. The fourth-order valence-corrected chi connectivity index (χ4v) is 4.37. The van der Waals surface area contributed by atoms with Crippen LogP contribution >= 0.6 is 31.9 Å². The molecule has 2 atom stereocenters. The maximum atomic E-state index is 13.6. The van der Waals surface area contributed by atoms with Crippen molar-refractivity contribution in [1.82, 2.24) is 0 Å². The monoisotopic (exact) mass is 514 g/mol. The van der Waals surface area contributed by atoms with Crippen LogP contribution in [0.15, 0.2) is 81.7 Å². The first-order valence-electron chi connectivity index (χ1n) is 9.22. The smallest absolute Gasteiger partial charge is 0.332 e. The molecule has 2 unspecified atom stereocenters. The number of hydrogen-bond donors (Lipinski definition) is 1. The van der Waals surface area contributed by atoms with Gasteiger partial charge in [0.15, 0.2) is 6.23 Å². The van der Waals surface area contributed by atoms with E-state index in [-0.39, 0.29) is 6.03 Å². The largest absolute Gasteiger partial charge is 0.370 e. The van der Waals surface area contributed by atoms with E-state index in [2.05, 4.69) is 31.9 Å². The van der Waals surface area contributed by atoms with E-state index in [0.717, 1.165) is 25.8 Å². The summed E-state index contributed by atoms with van der Waals surface area (Å²) in [5, 5.41) is 11.5. The van der Waals surface area contributed by atoms with E-state index in [0.29, 0.717) is 5.69 Å². The van der Waals surface area contributed by atoms with Crippen LogP contribution in [0.2, 0.25) is 0 Å². The van der Waals surface area contributed by atoms with Gasteiger partial charge in [0.2, 0.25) is 0 Å². The van der Waals surface area contributed by atoms with Crippen molar-refractivity contribution < 1.29 is 9.90 Å². The van der Waals surface area contributed by atoms with Gasteiger partial charge in [-0.1, -0.05) is 61.7 Å². The van der Waals surface area contributed by atoms with E-state index >= 15 is 0 Å². The first-order valence-corrected chi connectivity index (χ1v) is 10.8. The number of aryl methyl sites for hydroxylation is 1. The molecule has 1 saturated heterocycles. The number of halogens is 2. The van der Waals surface area contributed by atoms with E-state index in [4.69, 9.17) is 0 Å². The number of nitrogens with zero attached hydrogens (tertiary/aromatic N) is 2. The topological polar surface area (TPSA) is 43.8 Å². The lowest BCUT2D eigenvalue weighted by Crippen LogP contribution is -2.47. The van der Waals surface area contributed by atoms with Gasteiger partial charge in [0, 0.05) is 20.3 Å². The zero-order valence-corrected chi connectivity index (χ0v) is 19.2. The molecule has 1 aliphatic heterocycles. The summed E-state index contributed by atoms with van der Waals surface area (Å²) >= 11 is 6.88. The fourth-order valence-electron chi connectivity index (χ4n) is 3.84. The van der Waals surface area contributed by atoms with Gasteiger partial charge in [-0.2, -0.15) is 0 Å². The van der Waals surface area contributed by atoms with Crippen molar-refractivity contribution in [2.45, 2.75) is 25.6 Å². The quantitative estimate of drug-likeness (QED) is 0.451. The van der Waals surface area contributed by atoms with Crippen molar-refractivity contribution >= 4 is 49.3 Å². The molecule has 0 aliphatic carbocycles. The van der Waals surface area contributed by atoms with Crippen LogP contribution in [0.3, 0.4) is 0 Å². The van der Waals surface area contributed by atoms with Crippen molar-refractivity contribution in [3.05, 3.63) is 92.9 Å². The Hall–Kier alpha value is -2.15. The maximum absolute atomic E-state index is 13.6. The van der Waals surface area contributed by atoms with Gasteiger partial charge in [-0.05, 0) is 67.9 Å². The van der Waals surface area contributed by atoms with E-state index < -0.39 is 11.8 Å². The van der Waals surface area contributed by atoms with E-state index in [1.807, 2.05) is 86.6 Å². The lowest BCUT2D eigenvalue weighted by atomic mass is 9.88. The number of anilines is 2. The van der Waals surface area contributed by atoms with Gasteiger partial charge in [-0.3, -0.25) is 9.80 Å². The van der Waals surface area contributed by atoms with Crippen molar-refractivity contribution in [1.29, 1.82) is 0 Å². The van der Waals surface area contributed by atoms with E-state index in [9.17, 15) is 9.90 Å². The number of urea groups is 1. The molecule has 4 nitrogen and oxygen atoms in total. The first kappa shape index (κ1) is 20.1. The molecule has 4 rings (SSSR count). The molecule has 1 aliphatic rings. The highest BCUT2D eigenvalue weighted by Gasteiger charge is 2.56. The number of carbonyl (C=O) groups is 1. The van der Waals surface area contributed by atoms with Crippen LogP contribution in [-0.4, -0.2) is 17.4 Å². The number of aliphatic hydroxyl groups excluding tert-OH is 1. The summed E-state index contributed by atoms with van der Waals surface area (Å²) in [7, 11) is 0. The summed E-state index contributed by atoms with van der Waals surface area (Å²) in [5.74, 6) is 0. The average Bonchev–Trinajstić information content (AvgIpc) is 2.90. The second-order valence-corrected chi connectivity index (χ2v) is 9.16. The van der Waals surface area contributed by atoms with Gasteiger partial charge in [-0.15, -0.1) is 0 Å². The van der Waals surface area contributed by atoms with Gasteiger partial charge < -0.3 is 5.11 Å². The lowest BCUT2D eigenvalue weighted by molar-refractivity contribution is 0.119.